The van der Waals surface area contributed by atoms with Gasteiger partial charge in [-0.3, -0.25) is 9.59 Å². The number of benzene rings is 1. The van der Waals surface area contributed by atoms with Gasteiger partial charge in [-0.2, -0.15) is 0 Å². The van der Waals surface area contributed by atoms with Crippen molar-refractivity contribution in [2.75, 3.05) is 26.2 Å². The summed E-state index contributed by atoms with van der Waals surface area (Å²) in [5.74, 6) is 0.606. The van der Waals surface area contributed by atoms with Crippen LogP contribution in [-0.2, 0) is 4.79 Å². The minimum Gasteiger partial charge on any atom is -0.341 e. The van der Waals surface area contributed by atoms with Gasteiger partial charge in [0.15, 0.2) is 0 Å². The Kier molecular flexibility index (Phi) is 5.76. The lowest BCUT2D eigenvalue weighted by Crippen LogP contribution is -2.37. The normalized spacial score (nSPS) is 15.2. The molecule has 1 aliphatic rings. The molecule has 0 radical (unpaired) electrons. The van der Waals surface area contributed by atoms with Crippen LogP contribution < -0.4 is 0 Å². The Balaban J connectivity index is 1.62. The van der Waals surface area contributed by atoms with Crippen molar-refractivity contribution in [2.24, 2.45) is 5.92 Å². The molecule has 0 saturated carbocycles. The van der Waals surface area contributed by atoms with E-state index in [0.29, 0.717) is 37.5 Å². The van der Waals surface area contributed by atoms with E-state index in [4.69, 9.17) is 0 Å². The van der Waals surface area contributed by atoms with Gasteiger partial charge in [0.2, 0.25) is 5.91 Å². The Labute approximate surface area is 155 Å². The Morgan fingerprint density at radius 3 is 2.19 bits per heavy atom. The predicted octanol–water partition coefficient (Wildman–Crippen LogP) is 3.20. The van der Waals surface area contributed by atoms with Crippen LogP contribution in [0.15, 0.2) is 48.8 Å². The summed E-state index contributed by atoms with van der Waals surface area (Å²) in [6.07, 6.45) is 5.37. The Morgan fingerprint density at radius 2 is 1.54 bits per heavy atom. The summed E-state index contributed by atoms with van der Waals surface area (Å²) in [5, 5.41) is 0. The summed E-state index contributed by atoms with van der Waals surface area (Å²) < 4.78 is 2.01. The molecule has 2 aromatic rings. The first-order valence-corrected chi connectivity index (χ1v) is 9.35. The maximum atomic E-state index is 12.8. The topological polar surface area (TPSA) is 45.6 Å². The third kappa shape index (κ3) is 4.34. The number of rotatable bonds is 4. The molecule has 0 N–H and O–H groups in total. The fourth-order valence-electron chi connectivity index (χ4n) is 3.31. The number of nitrogens with zero attached hydrogens (tertiary/aromatic N) is 3. The average Bonchev–Trinajstić information content (AvgIpc) is 3.05. The molecule has 0 unspecified atom stereocenters. The van der Waals surface area contributed by atoms with Crippen LogP contribution in [0.4, 0.5) is 0 Å². The van der Waals surface area contributed by atoms with Crippen LogP contribution in [0.2, 0.25) is 0 Å². The molecule has 26 heavy (non-hydrogen) atoms. The van der Waals surface area contributed by atoms with E-state index >= 15 is 0 Å². The molecule has 3 rings (SSSR count). The Hall–Kier alpha value is -2.56. The average molecular weight is 353 g/mol. The molecule has 2 heterocycles. The smallest absolute Gasteiger partial charge is 0.253 e. The van der Waals surface area contributed by atoms with Crippen LogP contribution in [-0.4, -0.2) is 52.4 Å². The lowest BCUT2D eigenvalue weighted by molar-refractivity contribution is -0.131. The van der Waals surface area contributed by atoms with E-state index in [1.807, 2.05) is 63.2 Å². The van der Waals surface area contributed by atoms with Crippen LogP contribution in [0.1, 0.15) is 37.0 Å². The number of carbonyl (C=O) groups excluding carboxylic acids is 2. The molecule has 5 nitrogen and oxygen atoms in total. The van der Waals surface area contributed by atoms with Crippen molar-refractivity contribution in [3.8, 4) is 5.69 Å². The molecule has 1 aromatic heterocycles. The van der Waals surface area contributed by atoms with E-state index < -0.39 is 0 Å². The molecular weight excluding hydrogens is 326 g/mol. The van der Waals surface area contributed by atoms with E-state index in [9.17, 15) is 9.59 Å². The summed E-state index contributed by atoms with van der Waals surface area (Å²) in [6, 6.07) is 11.6. The van der Waals surface area contributed by atoms with E-state index in [1.54, 1.807) is 0 Å². The highest BCUT2D eigenvalue weighted by atomic mass is 16.2. The highest BCUT2D eigenvalue weighted by molar-refractivity contribution is 5.94. The van der Waals surface area contributed by atoms with Crippen molar-refractivity contribution in [1.82, 2.24) is 14.4 Å². The summed E-state index contributed by atoms with van der Waals surface area (Å²) in [4.78, 5) is 28.9. The lowest BCUT2D eigenvalue weighted by Gasteiger charge is -2.23. The van der Waals surface area contributed by atoms with Crippen LogP contribution in [0.25, 0.3) is 5.69 Å². The van der Waals surface area contributed by atoms with E-state index in [1.165, 1.54) is 0 Å². The van der Waals surface area contributed by atoms with Crippen LogP contribution in [0, 0.1) is 5.92 Å². The number of hydrogen-bond acceptors (Lipinski definition) is 2. The molecule has 1 fully saturated rings. The molecule has 0 spiro atoms. The van der Waals surface area contributed by atoms with Crippen molar-refractivity contribution in [3.05, 3.63) is 54.4 Å². The molecule has 5 heteroatoms. The van der Waals surface area contributed by atoms with Gasteiger partial charge >= 0.3 is 0 Å². The second-order valence-electron chi connectivity index (χ2n) is 7.26. The molecule has 1 aromatic carbocycles. The minimum absolute atomic E-state index is 0.0437. The van der Waals surface area contributed by atoms with Gasteiger partial charge in [0.1, 0.15) is 0 Å². The standard InChI is InChI=1S/C21H27N3O2/c1-17(2)16-20(25)23-12-5-13-24(15-14-23)21(26)18-6-8-19(9-7-18)22-10-3-4-11-22/h3-4,6-11,17H,5,12-16H2,1-2H3. The second kappa shape index (κ2) is 8.21. The van der Waals surface area contributed by atoms with Gasteiger partial charge in [-0.25, -0.2) is 0 Å². The third-order valence-corrected chi connectivity index (χ3v) is 4.74. The van der Waals surface area contributed by atoms with Crippen molar-refractivity contribution in [2.45, 2.75) is 26.7 Å². The zero-order chi connectivity index (χ0) is 18.5. The van der Waals surface area contributed by atoms with Crippen molar-refractivity contribution in [1.29, 1.82) is 0 Å². The fraction of sp³-hybridized carbons (Fsp3) is 0.429. The lowest BCUT2D eigenvalue weighted by atomic mass is 10.1. The fourth-order valence-corrected chi connectivity index (χ4v) is 3.31. The van der Waals surface area contributed by atoms with Crippen molar-refractivity contribution in [3.63, 3.8) is 0 Å². The predicted molar refractivity (Wildman–Crippen MR) is 102 cm³/mol. The minimum atomic E-state index is 0.0437. The maximum absolute atomic E-state index is 12.8. The zero-order valence-corrected chi connectivity index (χ0v) is 15.6. The molecular formula is C21H27N3O2. The monoisotopic (exact) mass is 353 g/mol. The van der Waals surface area contributed by atoms with Crippen LogP contribution in [0.5, 0.6) is 0 Å². The van der Waals surface area contributed by atoms with Crippen molar-refractivity contribution < 1.29 is 9.59 Å². The van der Waals surface area contributed by atoms with Gasteiger partial charge in [0.25, 0.3) is 5.91 Å². The quantitative estimate of drug-likeness (QED) is 0.847. The number of amides is 2. The highest BCUT2D eigenvalue weighted by Crippen LogP contribution is 2.14. The molecule has 1 aliphatic heterocycles. The summed E-state index contributed by atoms with van der Waals surface area (Å²) in [6.45, 7) is 6.78. The van der Waals surface area contributed by atoms with Gasteiger partial charge in [-0.15, -0.1) is 0 Å². The molecule has 1 saturated heterocycles. The summed E-state index contributed by atoms with van der Waals surface area (Å²) in [7, 11) is 0. The molecule has 0 aliphatic carbocycles. The Morgan fingerprint density at radius 1 is 0.923 bits per heavy atom. The molecule has 138 valence electrons. The first-order chi connectivity index (χ1) is 12.5. The van der Waals surface area contributed by atoms with Crippen molar-refractivity contribution >= 4 is 11.8 Å². The number of aromatic nitrogens is 1. The van der Waals surface area contributed by atoms with Gasteiger partial charge in [-0.05, 0) is 48.7 Å². The molecule has 0 bridgehead atoms. The van der Waals surface area contributed by atoms with Gasteiger partial charge in [0.05, 0.1) is 0 Å². The van der Waals surface area contributed by atoms with Gasteiger partial charge < -0.3 is 14.4 Å². The van der Waals surface area contributed by atoms with E-state index in [-0.39, 0.29) is 11.8 Å². The summed E-state index contributed by atoms with van der Waals surface area (Å²) >= 11 is 0. The summed E-state index contributed by atoms with van der Waals surface area (Å²) in [5.41, 5.74) is 1.73. The van der Waals surface area contributed by atoms with Gasteiger partial charge in [-0.1, -0.05) is 13.8 Å². The third-order valence-electron chi connectivity index (χ3n) is 4.74. The maximum Gasteiger partial charge on any atom is 0.253 e. The first kappa shape index (κ1) is 18.2. The molecule has 0 atom stereocenters. The van der Waals surface area contributed by atoms with E-state index in [0.717, 1.165) is 18.7 Å². The van der Waals surface area contributed by atoms with Crippen LogP contribution in [0.3, 0.4) is 0 Å². The number of carbonyl (C=O) groups is 2. The van der Waals surface area contributed by atoms with Gasteiger partial charge in [0, 0.05) is 56.2 Å². The first-order valence-electron chi connectivity index (χ1n) is 9.35. The molecule has 2 amide bonds. The Bertz CT molecular complexity index is 735. The zero-order valence-electron chi connectivity index (χ0n) is 15.6. The largest absolute Gasteiger partial charge is 0.341 e. The highest BCUT2D eigenvalue weighted by Gasteiger charge is 2.23. The second-order valence-corrected chi connectivity index (χ2v) is 7.26. The van der Waals surface area contributed by atoms with Crippen LogP contribution >= 0.6 is 0 Å². The SMILES string of the molecule is CC(C)CC(=O)N1CCCN(C(=O)c2ccc(-n3cccc3)cc2)CC1. The number of hydrogen-bond donors (Lipinski definition) is 0. The van der Waals surface area contributed by atoms with E-state index in [2.05, 4.69) is 13.8 Å².